The van der Waals surface area contributed by atoms with E-state index in [9.17, 15) is 4.79 Å². The van der Waals surface area contributed by atoms with Gasteiger partial charge < -0.3 is 0 Å². The molecule has 1 unspecified atom stereocenters. The molecular weight excluding hydrogens is 238 g/mol. The lowest BCUT2D eigenvalue weighted by Crippen LogP contribution is -2.17. The average Bonchev–Trinajstić information content (AvgIpc) is 2.90. The Morgan fingerprint density at radius 1 is 1.05 bits per heavy atom. The summed E-state index contributed by atoms with van der Waals surface area (Å²) in [5, 5.41) is 8.16. The molecule has 1 aromatic heterocycles. The van der Waals surface area contributed by atoms with Gasteiger partial charge in [0.1, 0.15) is 11.6 Å². The van der Waals surface area contributed by atoms with E-state index < -0.39 is 0 Å². The van der Waals surface area contributed by atoms with Crippen molar-refractivity contribution < 1.29 is 4.79 Å². The number of rotatable bonds is 3. The van der Waals surface area contributed by atoms with E-state index in [1.165, 1.54) is 0 Å². The molecule has 0 bridgehead atoms. The summed E-state index contributed by atoms with van der Waals surface area (Å²) >= 11 is 0. The second-order valence-corrected chi connectivity index (χ2v) is 4.43. The predicted molar refractivity (Wildman–Crippen MR) is 73.0 cm³/mol. The highest BCUT2D eigenvalue weighted by atomic mass is 16.1. The SMILES string of the molecule is CC(C(=O)c1ccccc1)n1nnc2ccccc21. The quantitative estimate of drug-likeness (QED) is 0.672. The van der Waals surface area contributed by atoms with Crippen LogP contribution in [0.3, 0.4) is 0 Å². The normalized spacial score (nSPS) is 12.5. The molecule has 2 aromatic carbocycles. The minimum Gasteiger partial charge on any atom is -0.292 e. The number of ketones is 1. The maximum Gasteiger partial charge on any atom is 0.187 e. The number of hydrogen-bond donors (Lipinski definition) is 0. The molecule has 4 nitrogen and oxygen atoms in total. The first kappa shape index (κ1) is 11.6. The molecule has 0 aliphatic rings. The molecular formula is C15H13N3O. The van der Waals surface area contributed by atoms with Crippen LogP contribution < -0.4 is 0 Å². The van der Waals surface area contributed by atoms with E-state index >= 15 is 0 Å². The zero-order valence-electron chi connectivity index (χ0n) is 10.5. The van der Waals surface area contributed by atoms with Crippen molar-refractivity contribution in [2.24, 2.45) is 0 Å². The molecule has 0 N–H and O–H groups in total. The fourth-order valence-electron chi connectivity index (χ4n) is 2.13. The summed E-state index contributed by atoms with van der Waals surface area (Å²) in [6.07, 6.45) is 0. The number of Topliss-reactive ketones (excluding diaryl/α,β-unsaturated/α-hetero) is 1. The number of hydrogen-bond acceptors (Lipinski definition) is 3. The minimum absolute atomic E-state index is 0.0382. The molecule has 1 atom stereocenters. The third-order valence-corrected chi connectivity index (χ3v) is 3.18. The van der Waals surface area contributed by atoms with Crippen LogP contribution in [0.25, 0.3) is 11.0 Å². The van der Waals surface area contributed by atoms with Crippen molar-refractivity contribution in [3.8, 4) is 0 Å². The van der Waals surface area contributed by atoms with Gasteiger partial charge in [-0.1, -0.05) is 47.7 Å². The maximum atomic E-state index is 12.4. The van der Waals surface area contributed by atoms with Crippen molar-refractivity contribution in [3.05, 3.63) is 60.2 Å². The Morgan fingerprint density at radius 2 is 1.74 bits per heavy atom. The van der Waals surface area contributed by atoms with Crippen LogP contribution >= 0.6 is 0 Å². The first-order valence-electron chi connectivity index (χ1n) is 6.16. The topological polar surface area (TPSA) is 47.8 Å². The van der Waals surface area contributed by atoms with Crippen molar-refractivity contribution in [2.45, 2.75) is 13.0 Å². The van der Waals surface area contributed by atoms with E-state index in [0.29, 0.717) is 5.56 Å². The molecule has 94 valence electrons. The zero-order chi connectivity index (χ0) is 13.2. The number of nitrogens with zero attached hydrogens (tertiary/aromatic N) is 3. The summed E-state index contributed by atoms with van der Waals surface area (Å²) in [4.78, 5) is 12.4. The van der Waals surface area contributed by atoms with E-state index in [1.807, 2.05) is 61.5 Å². The highest BCUT2D eigenvalue weighted by Crippen LogP contribution is 2.18. The van der Waals surface area contributed by atoms with Gasteiger partial charge >= 0.3 is 0 Å². The van der Waals surface area contributed by atoms with E-state index in [1.54, 1.807) is 4.68 Å². The van der Waals surface area contributed by atoms with Gasteiger partial charge in [-0.25, -0.2) is 4.68 Å². The van der Waals surface area contributed by atoms with Gasteiger partial charge in [0.05, 0.1) is 5.52 Å². The molecule has 19 heavy (non-hydrogen) atoms. The Bertz CT molecular complexity index is 718. The van der Waals surface area contributed by atoms with Gasteiger partial charge in [0, 0.05) is 5.56 Å². The molecule has 4 heteroatoms. The summed E-state index contributed by atoms with van der Waals surface area (Å²) in [5.74, 6) is 0.0382. The van der Waals surface area contributed by atoms with E-state index in [2.05, 4.69) is 10.3 Å². The fourth-order valence-corrected chi connectivity index (χ4v) is 2.13. The lowest BCUT2D eigenvalue weighted by molar-refractivity contribution is 0.0929. The monoisotopic (exact) mass is 251 g/mol. The second kappa shape index (κ2) is 4.65. The standard InChI is InChI=1S/C15H13N3O/c1-11(15(19)12-7-3-2-4-8-12)18-14-10-6-5-9-13(14)16-17-18/h2-11H,1H3. The molecule has 0 spiro atoms. The number of carbonyl (C=O) groups is 1. The van der Waals surface area contributed by atoms with Gasteiger partial charge in [-0.3, -0.25) is 4.79 Å². The first-order chi connectivity index (χ1) is 9.27. The number of para-hydroxylation sites is 1. The lowest BCUT2D eigenvalue weighted by Gasteiger charge is -2.11. The van der Waals surface area contributed by atoms with Gasteiger partial charge in [0.2, 0.25) is 0 Å². The number of aromatic nitrogens is 3. The van der Waals surface area contributed by atoms with Crippen molar-refractivity contribution in [1.82, 2.24) is 15.0 Å². The van der Waals surface area contributed by atoms with Gasteiger partial charge in [0.25, 0.3) is 0 Å². The third kappa shape index (κ3) is 2.01. The van der Waals surface area contributed by atoms with Crippen LogP contribution in [0, 0.1) is 0 Å². The van der Waals surface area contributed by atoms with Crippen LogP contribution in [0.4, 0.5) is 0 Å². The fraction of sp³-hybridized carbons (Fsp3) is 0.133. The highest BCUT2D eigenvalue weighted by Gasteiger charge is 2.19. The number of carbonyl (C=O) groups excluding carboxylic acids is 1. The minimum atomic E-state index is -0.366. The summed E-state index contributed by atoms with van der Waals surface area (Å²) < 4.78 is 1.67. The summed E-state index contributed by atoms with van der Waals surface area (Å²) in [5.41, 5.74) is 2.36. The summed E-state index contributed by atoms with van der Waals surface area (Å²) in [6, 6.07) is 16.5. The molecule has 0 aliphatic carbocycles. The number of benzene rings is 2. The molecule has 1 heterocycles. The Kier molecular flexibility index (Phi) is 2.83. The van der Waals surface area contributed by atoms with Crippen molar-refractivity contribution >= 4 is 16.8 Å². The summed E-state index contributed by atoms with van der Waals surface area (Å²) in [7, 11) is 0. The molecule has 0 fully saturated rings. The van der Waals surface area contributed by atoms with Gasteiger partial charge in [-0.15, -0.1) is 5.10 Å². The van der Waals surface area contributed by atoms with Crippen LogP contribution in [-0.2, 0) is 0 Å². The first-order valence-corrected chi connectivity index (χ1v) is 6.16. The second-order valence-electron chi connectivity index (χ2n) is 4.43. The van der Waals surface area contributed by atoms with Crippen LogP contribution in [0.5, 0.6) is 0 Å². The van der Waals surface area contributed by atoms with Crippen LogP contribution in [0.15, 0.2) is 54.6 Å². The third-order valence-electron chi connectivity index (χ3n) is 3.18. The van der Waals surface area contributed by atoms with Gasteiger partial charge in [-0.2, -0.15) is 0 Å². The molecule has 0 saturated carbocycles. The molecule has 0 radical (unpaired) electrons. The molecule has 0 aliphatic heterocycles. The molecule has 0 amide bonds. The highest BCUT2D eigenvalue weighted by molar-refractivity contribution is 5.99. The van der Waals surface area contributed by atoms with Crippen molar-refractivity contribution in [2.75, 3.05) is 0 Å². The van der Waals surface area contributed by atoms with E-state index in [4.69, 9.17) is 0 Å². The van der Waals surface area contributed by atoms with Crippen molar-refractivity contribution in [3.63, 3.8) is 0 Å². The molecule has 3 aromatic rings. The lowest BCUT2D eigenvalue weighted by atomic mass is 10.1. The largest absolute Gasteiger partial charge is 0.292 e. The van der Waals surface area contributed by atoms with Gasteiger partial charge in [-0.05, 0) is 19.1 Å². The Labute approximate surface area is 110 Å². The Balaban J connectivity index is 2.00. The summed E-state index contributed by atoms with van der Waals surface area (Å²) in [6.45, 7) is 1.84. The van der Waals surface area contributed by atoms with Crippen LogP contribution in [-0.4, -0.2) is 20.8 Å². The van der Waals surface area contributed by atoms with Gasteiger partial charge in [0.15, 0.2) is 5.78 Å². The number of fused-ring (bicyclic) bond motifs is 1. The van der Waals surface area contributed by atoms with E-state index in [-0.39, 0.29) is 11.8 Å². The Morgan fingerprint density at radius 3 is 2.53 bits per heavy atom. The Hall–Kier alpha value is -2.49. The van der Waals surface area contributed by atoms with E-state index in [0.717, 1.165) is 11.0 Å². The smallest absolute Gasteiger partial charge is 0.187 e. The molecule has 3 rings (SSSR count). The maximum absolute atomic E-state index is 12.4. The average molecular weight is 251 g/mol. The van der Waals surface area contributed by atoms with Crippen LogP contribution in [0.1, 0.15) is 23.3 Å². The van der Waals surface area contributed by atoms with Crippen LogP contribution in [0.2, 0.25) is 0 Å². The predicted octanol–water partition coefficient (Wildman–Crippen LogP) is 2.88. The zero-order valence-corrected chi connectivity index (χ0v) is 10.5. The molecule has 0 saturated heterocycles. The van der Waals surface area contributed by atoms with Crippen molar-refractivity contribution in [1.29, 1.82) is 0 Å².